The number of benzene rings is 2. The summed E-state index contributed by atoms with van der Waals surface area (Å²) < 4.78 is 24.5. The van der Waals surface area contributed by atoms with Crippen LogP contribution in [0.2, 0.25) is 0 Å². The highest BCUT2D eigenvalue weighted by Crippen LogP contribution is 2.29. The van der Waals surface area contributed by atoms with Crippen LogP contribution in [0.3, 0.4) is 0 Å². The Morgan fingerprint density at radius 1 is 1.27 bits per heavy atom. The molecular formula is C23H27FN2O3S. The lowest BCUT2D eigenvalue weighted by Gasteiger charge is -2.20. The van der Waals surface area contributed by atoms with Gasteiger partial charge >= 0.3 is 0 Å². The average molecular weight is 431 g/mol. The SMILES string of the molecule is C=C(OC)N(C)c1ccc(CSc2cc(F)cc(O/N=C\C3CCOCC3)c2)cc1. The highest BCUT2D eigenvalue weighted by Gasteiger charge is 2.11. The molecule has 7 heteroatoms. The Bertz CT molecular complexity index is 867. The molecule has 1 heterocycles. The smallest absolute Gasteiger partial charge is 0.185 e. The standard InChI is InChI=1S/C23H27FN2O3S/c1-17(27-3)26(2)21-6-4-19(5-7-21)16-30-23-13-20(24)12-22(14-23)29-25-15-18-8-10-28-11-9-18/h4-7,12-15,18H,1,8-11,16H2,2-3H3/b25-15-. The maximum Gasteiger partial charge on any atom is 0.185 e. The van der Waals surface area contributed by atoms with E-state index in [1.807, 2.05) is 36.2 Å². The number of nitrogens with zero attached hydrogens (tertiary/aromatic N) is 2. The third-order valence-electron chi connectivity index (χ3n) is 4.88. The molecule has 160 valence electrons. The first-order valence-corrected chi connectivity index (χ1v) is 10.8. The van der Waals surface area contributed by atoms with Crippen LogP contribution >= 0.6 is 11.8 Å². The number of hydrogen-bond donors (Lipinski definition) is 0. The highest BCUT2D eigenvalue weighted by molar-refractivity contribution is 7.98. The number of thioether (sulfide) groups is 1. The molecule has 0 amide bonds. The van der Waals surface area contributed by atoms with Gasteiger partial charge in [-0.25, -0.2) is 4.39 Å². The van der Waals surface area contributed by atoms with Gasteiger partial charge in [0.2, 0.25) is 0 Å². The van der Waals surface area contributed by atoms with Crippen LogP contribution in [0.25, 0.3) is 0 Å². The zero-order valence-corrected chi connectivity index (χ0v) is 18.2. The van der Waals surface area contributed by atoms with Crippen molar-refractivity contribution < 1.29 is 18.7 Å². The van der Waals surface area contributed by atoms with Crippen LogP contribution in [0.4, 0.5) is 10.1 Å². The largest absolute Gasteiger partial charge is 0.483 e. The zero-order chi connectivity index (χ0) is 21.3. The van der Waals surface area contributed by atoms with Gasteiger partial charge in [0.05, 0.1) is 7.11 Å². The molecule has 0 atom stereocenters. The van der Waals surface area contributed by atoms with Crippen molar-refractivity contribution in [2.24, 2.45) is 11.1 Å². The Morgan fingerprint density at radius 3 is 2.70 bits per heavy atom. The molecule has 2 aromatic rings. The second-order valence-electron chi connectivity index (χ2n) is 7.03. The van der Waals surface area contributed by atoms with E-state index in [2.05, 4.69) is 11.7 Å². The third-order valence-corrected chi connectivity index (χ3v) is 5.93. The van der Waals surface area contributed by atoms with Gasteiger partial charge in [0.25, 0.3) is 0 Å². The summed E-state index contributed by atoms with van der Waals surface area (Å²) in [7, 11) is 3.49. The number of ether oxygens (including phenoxy) is 2. The summed E-state index contributed by atoms with van der Waals surface area (Å²) in [5.41, 5.74) is 2.11. The molecule has 0 aromatic heterocycles. The Labute approximate surface area is 181 Å². The summed E-state index contributed by atoms with van der Waals surface area (Å²) in [4.78, 5) is 8.07. The molecule has 0 aliphatic carbocycles. The summed E-state index contributed by atoms with van der Waals surface area (Å²) in [5, 5.41) is 4.03. The fourth-order valence-corrected chi connectivity index (χ4v) is 3.90. The van der Waals surface area contributed by atoms with Crippen molar-refractivity contribution in [1.82, 2.24) is 0 Å². The monoisotopic (exact) mass is 430 g/mol. The molecule has 1 aliphatic heterocycles. The molecule has 30 heavy (non-hydrogen) atoms. The van der Waals surface area contributed by atoms with Gasteiger partial charge in [-0.05, 0) is 49.2 Å². The van der Waals surface area contributed by atoms with Crippen molar-refractivity contribution in [1.29, 1.82) is 0 Å². The van der Waals surface area contributed by atoms with E-state index >= 15 is 0 Å². The van der Waals surface area contributed by atoms with Crippen molar-refractivity contribution in [3.63, 3.8) is 0 Å². The van der Waals surface area contributed by atoms with Crippen LogP contribution in [0.1, 0.15) is 18.4 Å². The van der Waals surface area contributed by atoms with Crippen LogP contribution in [-0.4, -0.2) is 33.6 Å². The fraction of sp³-hybridized carbons (Fsp3) is 0.348. The van der Waals surface area contributed by atoms with Gasteiger partial charge in [-0.15, -0.1) is 11.8 Å². The second kappa shape index (κ2) is 11.0. The predicted octanol–water partition coefficient (Wildman–Crippen LogP) is 5.46. The number of halogens is 1. The van der Waals surface area contributed by atoms with Crippen molar-refractivity contribution in [2.75, 3.05) is 32.3 Å². The van der Waals surface area contributed by atoms with Gasteiger partial charge in [0.15, 0.2) is 11.6 Å². The number of methoxy groups -OCH3 is 1. The minimum atomic E-state index is -0.341. The first-order valence-electron chi connectivity index (χ1n) is 9.82. The van der Waals surface area contributed by atoms with Crippen molar-refractivity contribution in [3.05, 3.63) is 66.3 Å². The Balaban J connectivity index is 1.56. The van der Waals surface area contributed by atoms with E-state index in [-0.39, 0.29) is 5.82 Å². The Kier molecular flexibility index (Phi) is 8.16. The zero-order valence-electron chi connectivity index (χ0n) is 17.3. The topological polar surface area (TPSA) is 43.3 Å². The normalized spacial score (nSPS) is 14.6. The first kappa shape index (κ1) is 22.2. The van der Waals surface area contributed by atoms with Gasteiger partial charge in [-0.3, -0.25) is 0 Å². The maximum atomic E-state index is 14.0. The van der Waals surface area contributed by atoms with Crippen molar-refractivity contribution >= 4 is 23.7 Å². The Hall–Kier alpha value is -2.51. The predicted molar refractivity (Wildman–Crippen MR) is 120 cm³/mol. The summed E-state index contributed by atoms with van der Waals surface area (Å²) in [6.45, 7) is 5.34. The summed E-state index contributed by atoms with van der Waals surface area (Å²) in [6.07, 6.45) is 3.66. The van der Waals surface area contributed by atoms with E-state index < -0.39 is 0 Å². The fourth-order valence-electron chi connectivity index (χ4n) is 2.98. The van der Waals surface area contributed by atoms with Gasteiger partial charge < -0.3 is 19.2 Å². The van der Waals surface area contributed by atoms with E-state index in [9.17, 15) is 4.39 Å². The summed E-state index contributed by atoms with van der Waals surface area (Å²) in [6, 6.07) is 12.7. The number of oxime groups is 1. The van der Waals surface area contributed by atoms with E-state index in [0.29, 0.717) is 23.3 Å². The van der Waals surface area contributed by atoms with Crippen molar-refractivity contribution in [2.45, 2.75) is 23.5 Å². The molecule has 0 unspecified atom stereocenters. The van der Waals surface area contributed by atoms with Crippen LogP contribution in [0.5, 0.6) is 5.75 Å². The molecule has 5 nitrogen and oxygen atoms in total. The summed E-state index contributed by atoms with van der Waals surface area (Å²) in [5.74, 6) is 1.69. The molecule has 1 fully saturated rings. The van der Waals surface area contributed by atoms with Crippen LogP contribution in [0.15, 0.2) is 65.0 Å². The molecular weight excluding hydrogens is 403 g/mol. The maximum absolute atomic E-state index is 14.0. The van der Waals surface area contributed by atoms with E-state index in [1.54, 1.807) is 31.2 Å². The molecule has 0 spiro atoms. The number of rotatable bonds is 9. The molecule has 3 rings (SSSR count). The highest BCUT2D eigenvalue weighted by atomic mass is 32.2. The summed E-state index contributed by atoms with van der Waals surface area (Å²) >= 11 is 1.54. The van der Waals surface area contributed by atoms with E-state index in [4.69, 9.17) is 14.3 Å². The molecule has 0 bridgehead atoms. The molecule has 0 saturated carbocycles. The Morgan fingerprint density at radius 2 is 2.00 bits per heavy atom. The lowest BCUT2D eigenvalue weighted by Crippen LogP contribution is -2.16. The quantitative estimate of drug-likeness (QED) is 0.229. The molecule has 2 aromatic carbocycles. The molecule has 0 radical (unpaired) electrons. The molecule has 1 aliphatic rings. The van der Waals surface area contributed by atoms with E-state index in [1.165, 1.54) is 12.1 Å². The van der Waals surface area contributed by atoms with Crippen LogP contribution in [0, 0.1) is 11.7 Å². The number of anilines is 1. The lowest BCUT2D eigenvalue weighted by molar-refractivity contribution is 0.0833. The minimum absolute atomic E-state index is 0.341. The lowest BCUT2D eigenvalue weighted by atomic mass is 10.0. The second-order valence-corrected chi connectivity index (χ2v) is 8.08. The van der Waals surface area contributed by atoms with Crippen LogP contribution < -0.4 is 9.74 Å². The molecule has 1 saturated heterocycles. The van der Waals surface area contributed by atoms with Gasteiger partial charge in [-0.1, -0.05) is 17.3 Å². The van der Waals surface area contributed by atoms with Crippen molar-refractivity contribution in [3.8, 4) is 5.75 Å². The minimum Gasteiger partial charge on any atom is -0.483 e. The molecule has 0 N–H and O–H groups in total. The van der Waals surface area contributed by atoms with Crippen LogP contribution in [-0.2, 0) is 15.2 Å². The van der Waals surface area contributed by atoms with Gasteiger partial charge in [-0.2, -0.15) is 0 Å². The van der Waals surface area contributed by atoms with E-state index in [0.717, 1.165) is 42.2 Å². The van der Waals surface area contributed by atoms with Gasteiger partial charge in [0.1, 0.15) is 5.82 Å². The third kappa shape index (κ3) is 6.50. The number of hydrogen-bond acceptors (Lipinski definition) is 6. The van der Waals surface area contributed by atoms with Gasteiger partial charge in [0, 0.05) is 54.8 Å². The average Bonchev–Trinajstić information content (AvgIpc) is 2.77. The first-order chi connectivity index (χ1) is 14.5.